The van der Waals surface area contributed by atoms with E-state index in [0.29, 0.717) is 5.56 Å². The second-order valence-electron chi connectivity index (χ2n) is 4.16. The molecule has 1 N–H and O–H groups in total. The van der Waals surface area contributed by atoms with Crippen LogP contribution in [0, 0.1) is 24.4 Å². The summed E-state index contributed by atoms with van der Waals surface area (Å²) in [6.07, 6.45) is 0. The Bertz CT molecular complexity index is 665. The molecule has 2 rings (SSSR count). The molecule has 0 unspecified atom stereocenters. The number of nitrogens with one attached hydrogen (secondary N) is 1. The average Bonchev–Trinajstić information content (AvgIpc) is 2.32. The third-order valence-corrected chi connectivity index (χ3v) is 3.14. The van der Waals surface area contributed by atoms with Gasteiger partial charge in [-0.3, -0.25) is 4.79 Å². The van der Waals surface area contributed by atoms with E-state index in [4.69, 9.17) is 0 Å². The molecule has 0 aromatic heterocycles. The number of hydrogen-bond acceptors (Lipinski definition) is 1. The minimum absolute atomic E-state index is 0.164. The van der Waals surface area contributed by atoms with Crippen molar-refractivity contribution in [2.75, 3.05) is 5.32 Å². The predicted molar refractivity (Wildman–Crippen MR) is 73.1 cm³/mol. The van der Waals surface area contributed by atoms with Crippen molar-refractivity contribution in [3.8, 4) is 0 Å². The molecule has 0 saturated carbocycles. The standard InChI is InChI=1S/C14H9BrF3NO/c1-7-2-3-9(16)6-12(7)19-14(20)13-10(17)4-8(15)5-11(13)18/h2-6H,1H3,(H,19,20). The average molecular weight is 344 g/mol. The van der Waals surface area contributed by atoms with Crippen LogP contribution in [0.5, 0.6) is 0 Å². The van der Waals surface area contributed by atoms with Crippen molar-refractivity contribution in [1.29, 1.82) is 0 Å². The molecule has 2 aromatic rings. The van der Waals surface area contributed by atoms with Crippen LogP contribution in [0.25, 0.3) is 0 Å². The van der Waals surface area contributed by atoms with E-state index in [1.165, 1.54) is 12.1 Å². The summed E-state index contributed by atoms with van der Waals surface area (Å²) in [4.78, 5) is 11.9. The number of aryl methyl sites for hydroxylation is 1. The van der Waals surface area contributed by atoms with E-state index in [9.17, 15) is 18.0 Å². The zero-order chi connectivity index (χ0) is 14.9. The van der Waals surface area contributed by atoms with E-state index in [1.807, 2.05) is 0 Å². The Labute approximate surface area is 121 Å². The number of amides is 1. The molecule has 0 aliphatic rings. The molecule has 0 fully saturated rings. The smallest absolute Gasteiger partial charge is 0.261 e. The van der Waals surface area contributed by atoms with Crippen LogP contribution in [0.1, 0.15) is 15.9 Å². The monoisotopic (exact) mass is 343 g/mol. The lowest BCUT2D eigenvalue weighted by molar-refractivity contribution is 0.101. The zero-order valence-electron chi connectivity index (χ0n) is 10.3. The van der Waals surface area contributed by atoms with Crippen molar-refractivity contribution >= 4 is 27.5 Å². The Morgan fingerprint density at radius 2 is 1.70 bits per heavy atom. The Hall–Kier alpha value is -1.82. The second kappa shape index (κ2) is 5.66. The second-order valence-corrected chi connectivity index (χ2v) is 5.07. The quantitative estimate of drug-likeness (QED) is 0.858. The Morgan fingerprint density at radius 1 is 1.10 bits per heavy atom. The Balaban J connectivity index is 2.36. The summed E-state index contributed by atoms with van der Waals surface area (Å²) in [6.45, 7) is 1.64. The minimum atomic E-state index is -0.997. The van der Waals surface area contributed by atoms with Gasteiger partial charge < -0.3 is 5.32 Å². The number of hydrogen-bond donors (Lipinski definition) is 1. The molecule has 0 spiro atoms. The third kappa shape index (κ3) is 3.01. The highest BCUT2D eigenvalue weighted by atomic mass is 79.9. The van der Waals surface area contributed by atoms with Crippen LogP contribution >= 0.6 is 15.9 Å². The maximum Gasteiger partial charge on any atom is 0.261 e. The molecule has 0 atom stereocenters. The normalized spacial score (nSPS) is 10.4. The number of carbonyl (C=O) groups is 1. The van der Waals surface area contributed by atoms with Gasteiger partial charge in [-0.25, -0.2) is 13.2 Å². The summed E-state index contributed by atoms with van der Waals surface area (Å²) >= 11 is 2.92. The molecule has 0 aliphatic carbocycles. The highest BCUT2D eigenvalue weighted by molar-refractivity contribution is 9.10. The topological polar surface area (TPSA) is 29.1 Å². The Kier molecular flexibility index (Phi) is 4.13. The largest absolute Gasteiger partial charge is 0.321 e. The number of halogens is 4. The molecule has 2 aromatic carbocycles. The van der Waals surface area contributed by atoms with Gasteiger partial charge in [0.15, 0.2) is 0 Å². The van der Waals surface area contributed by atoms with Gasteiger partial charge in [-0.2, -0.15) is 0 Å². The first-order valence-corrected chi connectivity index (χ1v) is 6.40. The van der Waals surface area contributed by atoms with Crippen molar-refractivity contribution in [3.63, 3.8) is 0 Å². The van der Waals surface area contributed by atoms with Crippen LogP contribution < -0.4 is 5.32 Å². The lowest BCUT2D eigenvalue weighted by atomic mass is 10.1. The summed E-state index contributed by atoms with van der Waals surface area (Å²) in [6, 6.07) is 5.74. The van der Waals surface area contributed by atoms with Crippen molar-refractivity contribution in [1.82, 2.24) is 0 Å². The SMILES string of the molecule is Cc1ccc(F)cc1NC(=O)c1c(F)cc(Br)cc1F. The van der Waals surface area contributed by atoms with Crippen molar-refractivity contribution in [2.45, 2.75) is 6.92 Å². The van der Waals surface area contributed by atoms with Crippen molar-refractivity contribution in [2.24, 2.45) is 0 Å². The molecular weight excluding hydrogens is 335 g/mol. The fraction of sp³-hybridized carbons (Fsp3) is 0.0714. The lowest BCUT2D eigenvalue weighted by Gasteiger charge is -2.10. The lowest BCUT2D eigenvalue weighted by Crippen LogP contribution is -2.16. The van der Waals surface area contributed by atoms with Gasteiger partial charge in [-0.1, -0.05) is 22.0 Å². The van der Waals surface area contributed by atoms with Crippen LogP contribution in [0.2, 0.25) is 0 Å². The van der Waals surface area contributed by atoms with Crippen LogP contribution in [0.4, 0.5) is 18.9 Å². The molecule has 0 saturated heterocycles. The molecule has 0 bridgehead atoms. The summed E-state index contributed by atoms with van der Waals surface area (Å²) in [7, 11) is 0. The molecule has 2 nitrogen and oxygen atoms in total. The van der Waals surface area contributed by atoms with Crippen LogP contribution in [0.15, 0.2) is 34.8 Å². The van der Waals surface area contributed by atoms with E-state index in [1.54, 1.807) is 6.92 Å². The van der Waals surface area contributed by atoms with Gasteiger partial charge in [-0.15, -0.1) is 0 Å². The van der Waals surface area contributed by atoms with Crippen LogP contribution in [-0.4, -0.2) is 5.91 Å². The van der Waals surface area contributed by atoms with Gasteiger partial charge in [0.2, 0.25) is 0 Å². The first-order valence-electron chi connectivity index (χ1n) is 5.60. The Morgan fingerprint density at radius 3 is 2.30 bits per heavy atom. The number of benzene rings is 2. The summed E-state index contributed by atoms with van der Waals surface area (Å²) in [5, 5.41) is 2.29. The van der Waals surface area contributed by atoms with Gasteiger partial charge in [-0.05, 0) is 36.8 Å². The maximum atomic E-state index is 13.6. The third-order valence-electron chi connectivity index (χ3n) is 2.68. The minimum Gasteiger partial charge on any atom is -0.321 e. The number of anilines is 1. The molecule has 0 heterocycles. The van der Waals surface area contributed by atoms with Crippen LogP contribution in [0.3, 0.4) is 0 Å². The number of carbonyl (C=O) groups excluding carboxylic acids is 1. The number of rotatable bonds is 2. The fourth-order valence-corrected chi connectivity index (χ4v) is 2.07. The zero-order valence-corrected chi connectivity index (χ0v) is 11.9. The van der Waals surface area contributed by atoms with Gasteiger partial charge in [0.05, 0.1) is 0 Å². The maximum absolute atomic E-state index is 13.6. The van der Waals surface area contributed by atoms with Crippen LogP contribution in [-0.2, 0) is 0 Å². The van der Waals surface area contributed by atoms with Crippen molar-refractivity contribution < 1.29 is 18.0 Å². The van der Waals surface area contributed by atoms with Gasteiger partial charge in [0.25, 0.3) is 5.91 Å². The van der Waals surface area contributed by atoms with E-state index in [2.05, 4.69) is 21.2 Å². The van der Waals surface area contributed by atoms with Gasteiger partial charge in [0, 0.05) is 10.2 Å². The van der Waals surface area contributed by atoms with E-state index in [0.717, 1.165) is 18.2 Å². The predicted octanol–water partition coefficient (Wildman–Crippen LogP) is 4.43. The van der Waals surface area contributed by atoms with E-state index >= 15 is 0 Å². The first kappa shape index (κ1) is 14.6. The summed E-state index contributed by atoms with van der Waals surface area (Å²) in [5.41, 5.74) is 0.0336. The summed E-state index contributed by atoms with van der Waals surface area (Å²) < 4.78 is 40.6. The summed E-state index contributed by atoms with van der Waals surface area (Å²) in [5.74, 6) is -3.52. The fourth-order valence-electron chi connectivity index (χ4n) is 1.67. The highest BCUT2D eigenvalue weighted by Crippen LogP contribution is 2.22. The van der Waals surface area contributed by atoms with Gasteiger partial charge in [0.1, 0.15) is 23.0 Å². The molecule has 6 heteroatoms. The molecule has 0 aliphatic heterocycles. The molecule has 20 heavy (non-hydrogen) atoms. The first-order chi connectivity index (χ1) is 9.38. The molecule has 1 amide bonds. The van der Waals surface area contributed by atoms with E-state index in [-0.39, 0.29) is 10.2 Å². The van der Waals surface area contributed by atoms with Gasteiger partial charge >= 0.3 is 0 Å². The molecule has 0 radical (unpaired) electrons. The molecular formula is C14H9BrF3NO. The molecule has 104 valence electrons. The highest BCUT2D eigenvalue weighted by Gasteiger charge is 2.19. The van der Waals surface area contributed by atoms with Crippen molar-refractivity contribution in [3.05, 3.63) is 63.4 Å². The van der Waals surface area contributed by atoms with E-state index < -0.39 is 28.9 Å².